The van der Waals surface area contributed by atoms with Gasteiger partial charge >= 0.3 is 6.03 Å². The van der Waals surface area contributed by atoms with Crippen LogP contribution in [0.5, 0.6) is 5.75 Å². The molecule has 0 aliphatic carbocycles. The minimum atomic E-state index is -0.124. The maximum Gasteiger partial charge on any atom is 0.322 e. The lowest BCUT2D eigenvalue weighted by molar-refractivity contribution is 0.208. The Hall–Kier alpha value is -3.36. The number of rotatable bonds is 3. The van der Waals surface area contributed by atoms with E-state index in [0.717, 1.165) is 11.4 Å². The molecule has 1 N–H and O–H groups in total. The first-order valence-corrected chi connectivity index (χ1v) is 8.76. The van der Waals surface area contributed by atoms with Crippen molar-refractivity contribution in [3.8, 4) is 5.75 Å². The molecule has 0 bridgehead atoms. The summed E-state index contributed by atoms with van der Waals surface area (Å²) >= 11 is 0. The lowest BCUT2D eigenvalue weighted by Crippen LogP contribution is -2.50. The molecule has 0 spiro atoms. The van der Waals surface area contributed by atoms with E-state index >= 15 is 0 Å². The number of urea groups is 1. The van der Waals surface area contributed by atoms with Gasteiger partial charge in [0.1, 0.15) is 17.9 Å². The lowest BCUT2D eigenvalue weighted by Gasteiger charge is -2.35. The van der Waals surface area contributed by atoms with Crippen molar-refractivity contribution < 1.29 is 9.53 Å². The summed E-state index contributed by atoms with van der Waals surface area (Å²) in [6, 6.07) is 9.41. The average molecular weight is 367 g/mol. The predicted octanol–water partition coefficient (Wildman–Crippen LogP) is 1.80. The van der Waals surface area contributed by atoms with E-state index in [9.17, 15) is 4.79 Å². The largest absolute Gasteiger partial charge is 0.495 e. The van der Waals surface area contributed by atoms with Crippen molar-refractivity contribution in [2.24, 2.45) is 0 Å². The molecule has 9 heteroatoms. The van der Waals surface area contributed by atoms with Crippen molar-refractivity contribution in [1.82, 2.24) is 24.7 Å². The number of aromatic nitrogens is 4. The molecule has 1 aromatic carbocycles. The number of hydrogen-bond acceptors (Lipinski definition) is 6. The first-order chi connectivity index (χ1) is 13.1. The maximum absolute atomic E-state index is 12.6. The molecule has 140 valence electrons. The number of nitrogens with one attached hydrogen (secondary N) is 1. The van der Waals surface area contributed by atoms with Crippen LogP contribution >= 0.6 is 0 Å². The maximum atomic E-state index is 12.6. The smallest absolute Gasteiger partial charge is 0.322 e. The van der Waals surface area contributed by atoms with Crippen LogP contribution < -0.4 is 15.0 Å². The van der Waals surface area contributed by atoms with Crippen LogP contribution in [0.3, 0.4) is 0 Å². The Labute approximate surface area is 156 Å². The van der Waals surface area contributed by atoms with Crippen LogP contribution in [0, 0.1) is 6.92 Å². The van der Waals surface area contributed by atoms with E-state index in [4.69, 9.17) is 4.74 Å². The number of aryl methyl sites for hydroxylation is 1. The van der Waals surface area contributed by atoms with Crippen molar-refractivity contribution in [3.05, 3.63) is 42.2 Å². The molecule has 9 nitrogen and oxygen atoms in total. The van der Waals surface area contributed by atoms with Gasteiger partial charge in [0.05, 0.1) is 12.8 Å². The number of nitrogens with zero attached hydrogens (tertiary/aromatic N) is 6. The number of carbonyl (C=O) groups is 1. The third kappa shape index (κ3) is 3.48. The van der Waals surface area contributed by atoms with Gasteiger partial charge in [-0.2, -0.15) is 4.52 Å². The fourth-order valence-electron chi connectivity index (χ4n) is 3.14. The van der Waals surface area contributed by atoms with Gasteiger partial charge in [0.25, 0.3) is 0 Å². The average Bonchev–Trinajstić information content (AvgIpc) is 3.16. The number of ether oxygens (including phenoxy) is 1. The lowest BCUT2D eigenvalue weighted by atomic mass is 10.2. The zero-order valence-corrected chi connectivity index (χ0v) is 15.3. The molecule has 4 rings (SSSR count). The third-order valence-electron chi connectivity index (χ3n) is 4.64. The summed E-state index contributed by atoms with van der Waals surface area (Å²) in [6.07, 6.45) is 1.58. The van der Waals surface area contributed by atoms with Gasteiger partial charge in [0.15, 0.2) is 5.65 Å². The minimum Gasteiger partial charge on any atom is -0.495 e. The summed E-state index contributed by atoms with van der Waals surface area (Å²) in [5.41, 5.74) is 2.46. The number of carbonyl (C=O) groups excluding carboxylic acids is 1. The molecule has 0 unspecified atom stereocenters. The van der Waals surface area contributed by atoms with E-state index in [2.05, 4.69) is 25.5 Å². The van der Waals surface area contributed by atoms with Crippen molar-refractivity contribution in [2.75, 3.05) is 43.5 Å². The first kappa shape index (κ1) is 17.1. The van der Waals surface area contributed by atoms with Crippen LogP contribution in [-0.2, 0) is 0 Å². The van der Waals surface area contributed by atoms with Crippen molar-refractivity contribution in [3.63, 3.8) is 0 Å². The highest BCUT2D eigenvalue weighted by Gasteiger charge is 2.23. The molecule has 1 aliphatic rings. The van der Waals surface area contributed by atoms with Gasteiger partial charge < -0.3 is 19.9 Å². The van der Waals surface area contributed by atoms with E-state index < -0.39 is 0 Å². The van der Waals surface area contributed by atoms with Crippen LogP contribution in [0.1, 0.15) is 5.56 Å². The molecule has 1 fully saturated rings. The molecular formula is C18H21N7O2. The van der Waals surface area contributed by atoms with E-state index in [1.165, 1.54) is 0 Å². The summed E-state index contributed by atoms with van der Waals surface area (Å²) in [7, 11) is 1.60. The molecule has 0 saturated carbocycles. The predicted molar refractivity (Wildman–Crippen MR) is 101 cm³/mol. The SMILES string of the molecule is COc1ccc(C)cc1NC(=O)N1CCN(c2ccc3nncn3n2)CC1. The Morgan fingerprint density at radius 2 is 1.96 bits per heavy atom. The number of anilines is 2. The van der Waals surface area contributed by atoms with Crippen LogP contribution in [0.25, 0.3) is 5.65 Å². The van der Waals surface area contributed by atoms with Gasteiger partial charge in [0.2, 0.25) is 0 Å². The van der Waals surface area contributed by atoms with Crippen LogP contribution in [0.4, 0.5) is 16.3 Å². The number of methoxy groups -OCH3 is 1. The highest BCUT2D eigenvalue weighted by atomic mass is 16.5. The Balaban J connectivity index is 1.40. The van der Waals surface area contributed by atoms with Crippen LogP contribution in [-0.4, -0.2) is 64.0 Å². The highest BCUT2D eigenvalue weighted by molar-refractivity contribution is 5.91. The van der Waals surface area contributed by atoms with E-state index in [0.29, 0.717) is 43.3 Å². The number of hydrogen-bond donors (Lipinski definition) is 1. The zero-order chi connectivity index (χ0) is 18.8. The fraction of sp³-hybridized carbons (Fsp3) is 0.333. The summed E-state index contributed by atoms with van der Waals surface area (Å²) in [5, 5.41) is 15.3. The zero-order valence-electron chi connectivity index (χ0n) is 15.3. The van der Waals surface area contributed by atoms with Crippen LogP contribution in [0.2, 0.25) is 0 Å². The third-order valence-corrected chi connectivity index (χ3v) is 4.64. The summed E-state index contributed by atoms with van der Waals surface area (Å²) < 4.78 is 6.98. The molecule has 2 amide bonds. The fourth-order valence-corrected chi connectivity index (χ4v) is 3.14. The monoisotopic (exact) mass is 367 g/mol. The normalized spacial score (nSPS) is 14.4. The molecule has 1 aliphatic heterocycles. The molecule has 2 aromatic heterocycles. The van der Waals surface area contributed by atoms with Gasteiger partial charge in [0, 0.05) is 26.2 Å². The number of fused-ring (bicyclic) bond motifs is 1. The second-order valence-electron chi connectivity index (χ2n) is 6.43. The summed E-state index contributed by atoms with van der Waals surface area (Å²) in [6.45, 7) is 4.62. The minimum absolute atomic E-state index is 0.124. The van der Waals surface area contributed by atoms with E-state index in [1.54, 1.807) is 22.9 Å². The van der Waals surface area contributed by atoms with Gasteiger partial charge in [-0.25, -0.2) is 4.79 Å². The van der Waals surface area contributed by atoms with Gasteiger partial charge in [-0.1, -0.05) is 6.07 Å². The number of amides is 2. The van der Waals surface area contributed by atoms with Gasteiger partial charge in [-0.15, -0.1) is 15.3 Å². The van der Waals surface area contributed by atoms with Gasteiger partial charge in [-0.05, 0) is 36.8 Å². The second-order valence-corrected chi connectivity index (χ2v) is 6.43. The van der Waals surface area contributed by atoms with E-state index in [1.807, 2.05) is 37.3 Å². The number of benzene rings is 1. The molecule has 0 radical (unpaired) electrons. The van der Waals surface area contributed by atoms with Crippen molar-refractivity contribution in [2.45, 2.75) is 6.92 Å². The van der Waals surface area contributed by atoms with Gasteiger partial charge in [-0.3, -0.25) is 0 Å². The second kappa shape index (κ2) is 7.10. The molecule has 3 aromatic rings. The molecular weight excluding hydrogens is 346 g/mol. The molecule has 27 heavy (non-hydrogen) atoms. The Kier molecular flexibility index (Phi) is 4.49. The topological polar surface area (TPSA) is 87.9 Å². The quantitative estimate of drug-likeness (QED) is 0.759. The first-order valence-electron chi connectivity index (χ1n) is 8.76. The van der Waals surface area contributed by atoms with Crippen molar-refractivity contribution in [1.29, 1.82) is 0 Å². The standard InChI is InChI=1S/C18H21N7O2/c1-13-3-4-15(27-2)14(11-13)20-18(26)24-9-7-23(8-10-24)17-6-5-16-21-19-12-25(16)22-17/h3-6,11-12H,7-10H2,1-2H3,(H,20,26). The highest BCUT2D eigenvalue weighted by Crippen LogP contribution is 2.25. The van der Waals surface area contributed by atoms with Crippen molar-refractivity contribution >= 4 is 23.2 Å². The molecule has 3 heterocycles. The van der Waals surface area contributed by atoms with Crippen LogP contribution in [0.15, 0.2) is 36.7 Å². The van der Waals surface area contributed by atoms with E-state index in [-0.39, 0.29) is 6.03 Å². The molecule has 0 atom stereocenters. The Morgan fingerprint density at radius 1 is 1.15 bits per heavy atom. The summed E-state index contributed by atoms with van der Waals surface area (Å²) in [4.78, 5) is 16.6. The Morgan fingerprint density at radius 3 is 2.74 bits per heavy atom. The summed E-state index contributed by atoms with van der Waals surface area (Å²) in [5.74, 6) is 1.50. The Bertz CT molecular complexity index is 963. The number of piperazine rings is 1. The molecule has 1 saturated heterocycles.